The Bertz CT molecular complexity index is 956. The lowest BCUT2D eigenvalue weighted by atomic mass is 9.89. The minimum atomic E-state index is -0.441. The van der Waals surface area contributed by atoms with Gasteiger partial charge in [0.15, 0.2) is 0 Å². The third-order valence-corrected chi connectivity index (χ3v) is 5.39. The number of aliphatic hydroxyl groups is 1. The predicted octanol–water partition coefficient (Wildman–Crippen LogP) is 2.56. The van der Waals surface area contributed by atoms with E-state index in [1.165, 1.54) is 0 Å². The fourth-order valence-electron chi connectivity index (χ4n) is 3.82. The van der Waals surface area contributed by atoms with E-state index in [4.69, 9.17) is 9.72 Å². The smallest absolute Gasteiger partial charge is 0.251 e. The first kappa shape index (κ1) is 17.7. The van der Waals surface area contributed by atoms with Gasteiger partial charge in [0.25, 0.3) is 5.91 Å². The zero-order chi connectivity index (χ0) is 18.9. The van der Waals surface area contributed by atoms with Crippen LogP contribution in [0.3, 0.4) is 0 Å². The second-order valence-corrected chi connectivity index (χ2v) is 6.91. The molecule has 2 heterocycles. The molecule has 1 aromatic heterocycles. The summed E-state index contributed by atoms with van der Waals surface area (Å²) >= 11 is 0. The number of aromatic nitrogens is 2. The number of imidazole rings is 1. The summed E-state index contributed by atoms with van der Waals surface area (Å²) < 4.78 is 7.71. The fraction of sp³-hybridized carbons (Fsp3) is 0.333. The SMILES string of the molecule is CNC(=O)c1ccc(-c2nc3ccccc3n2C2(CO)CCOCC2)cc1. The zero-order valence-electron chi connectivity index (χ0n) is 15.3. The van der Waals surface area contributed by atoms with Crippen molar-refractivity contribution >= 4 is 16.9 Å². The highest BCUT2D eigenvalue weighted by molar-refractivity contribution is 5.94. The van der Waals surface area contributed by atoms with Crippen LogP contribution in [0.2, 0.25) is 0 Å². The summed E-state index contributed by atoms with van der Waals surface area (Å²) in [6.07, 6.45) is 1.46. The Morgan fingerprint density at radius 2 is 1.89 bits per heavy atom. The van der Waals surface area contributed by atoms with Crippen molar-refractivity contribution in [1.82, 2.24) is 14.9 Å². The minimum absolute atomic E-state index is 0.0278. The molecule has 1 aliphatic heterocycles. The Morgan fingerprint density at radius 1 is 1.19 bits per heavy atom. The van der Waals surface area contributed by atoms with Crippen LogP contribution in [-0.4, -0.2) is 47.4 Å². The number of hydrogen-bond acceptors (Lipinski definition) is 4. The molecule has 0 saturated carbocycles. The molecule has 1 aliphatic rings. The summed E-state index contributed by atoms with van der Waals surface area (Å²) in [4.78, 5) is 16.7. The van der Waals surface area contributed by atoms with Gasteiger partial charge in [0.05, 0.1) is 23.2 Å². The minimum Gasteiger partial charge on any atom is -0.394 e. The molecular formula is C21H23N3O3. The van der Waals surface area contributed by atoms with Gasteiger partial charge in [-0.2, -0.15) is 0 Å². The van der Waals surface area contributed by atoms with Crippen LogP contribution >= 0.6 is 0 Å². The molecule has 0 bridgehead atoms. The lowest BCUT2D eigenvalue weighted by Crippen LogP contribution is -2.43. The summed E-state index contributed by atoms with van der Waals surface area (Å²) in [6.45, 7) is 1.25. The van der Waals surface area contributed by atoms with E-state index < -0.39 is 5.54 Å². The molecule has 0 radical (unpaired) electrons. The number of hydrogen-bond donors (Lipinski definition) is 2. The van der Waals surface area contributed by atoms with Crippen LogP contribution in [0.4, 0.5) is 0 Å². The number of benzene rings is 2. The van der Waals surface area contributed by atoms with Crippen LogP contribution in [0.15, 0.2) is 48.5 Å². The molecule has 2 N–H and O–H groups in total. The Hall–Kier alpha value is -2.70. The number of nitrogens with one attached hydrogen (secondary N) is 1. The van der Waals surface area contributed by atoms with E-state index in [0.29, 0.717) is 18.8 Å². The Morgan fingerprint density at radius 3 is 2.56 bits per heavy atom. The molecule has 6 nitrogen and oxygen atoms in total. The van der Waals surface area contributed by atoms with Crippen molar-refractivity contribution in [3.8, 4) is 11.4 Å². The molecule has 2 aromatic carbocycles. The highest BCUT2D eigenvalue weighted by Crippen LogP contribution is 2.37. The molecule has 1 saturated heterocycles. The number of carbonyl (C=O) groups is 1. The van der Waals surface area contributed by atoms with Gasteiger partial charge in [0.2, 0.25) is 0 Å². The van der Waals surface area contributed by atoms with Gasteiger partial charge in [0, 0.05) is 31.4 Å². The molecule has 0 unspecified atom stereocenters. The van der Waals surface area contributed by atoms with Gasteiger partial charge in [-0.1, -0.05) is 24.3 Å². The maximum Gasteiger partial charge on any atom is 0.251 e. The van der Waals surface area contributed by atoms with Crippen LogP contribution in [-0.2, 0) is 10.3 Å². The zero-order valence-corrected chi connectivity index (χ0v) is 15.3. The average Bonchev–Trinajstić information content (AvgIpc) is 3.14. The monoisotopic (exact) mass is 365 g/mol. The quantitative estimate of drug-likeness (QED) is 0.745. The molecule has 0 atom stereocenters. The van der Waals surface area contributed by atoms with Crippen LogP contribution in [0, 0.1) is 0 Å². The van der Waals surface area contributed by atoms with Crippen molar-refractivity contribution in [3.05, 3.63) is 54.1 Å². The maximum absolute atomic E-state index is 11.8. The van der Waals surface area contributed by atoms with Gasteiger partial charge < -0.3 is 19.7 Å². The first-order chi connectivity index (χ1) is 13.2. The lowest BCUT2D eigenvalue weighted by molar-refractivity contribution is -0.00551. The molecule has 140 valence electrons. The first-order valence-corrected chi connectivity index (χ1v) is 9.18. The van der Waals surface area contributed by atoms with E-state index in [2.05, 4.69) is 9.88 Å². The van der Waals surface area contributed by atoms with Crippen molar-refractivity contribution in [3.63, 3.8) is 0 Å². The Kier molecular flexibility index (Phi) is 4.68. The molecule has 0 spiro atoms. The second-order valence-electron chi connectivity index (χ2n) is 6.91. The van der Waals surface area contributed by atoms with E-state index in [-0.39, 0.29) is 12.5 Å². The Balaban J connectivity index is 1.89. The predicted molar refractivity (Wildman–Crippen MR) is 104 cm³/mol. The molecule has 6 heteroatoms. The van der Waals surface area contributed by atoms with Gasteiger partial charge in [-0.3, -0.25) is 4.79 Å². The van der Waals surface area contributed by atoms with E-state index in [1.807, 2.05) is 36.4 Å². The summed E-state index contributed by atoms with van der Waals surface area (Å²) in [5, 5.41) is 13.0. The number of para-hydroxylation sites is 2. The average molecular weight is 365 g/mol. The van der Waals surface area contributed by atoms with Crippen LogP contribution < -0.4 is 5.32 Å². The largest absolute Gasteiger partial charge is 0.394 e. The first-order valence-electron chi connectivity index (χ1n) is 9.18. The normalized spacial score (nSPS) is 16.4. The molecule has 3 aromatic rings. The fourth-order valence-corrected chi connectivity index (χ4v) is 3.82. The van der Waals surface area contributed by atoms with E-state index >= 15 is 0 Å². The maximum atomic E-state index is 11.8. The number of ether oxygens (including phenoxy) is 1. The van der Waals surface area contributed by atoms with Crippen molar-refractivity contribution in [2.45, 2.75) is 18.4 Å². The standard InChI is InChI=1S/C21H23N3O3/c1-22-20(26)16-8-6-15(7-9-16)19-23-17-4-2-3-5-18(17)24(19)21(14-25)10-12-27-13-11-21/h2-9,25H,10-14H2,1H3,(H,22,26). The second kappa shape index (κ2) is 7.13. The van der Waals surface area contributed by atoms with Crippen LogP contribution in [0.25, 0.3) is 22.4 Å². The summed E-state index contributed by atoms with van der Waals surface area (Å²) in [5.74, 6) is 0.682. The number of fused-ring (bicyclic) bond motifs is 1. The number of aliphatic hydroxyl groups excluding tert-OH is 1. The number of rotatable bonds is 4. The number of carbonyl (C=O) groups excluding carboxylic acids is 1. The molecule has 4 rings (SSSR count). The molecule has 1 amide bonds. The van der Waals surface area contributed by atoms with Crippen molar-refractivity contribution < 1.29 is 14.6 Å². The van der Waals surface area contributed by atoms with Gasteiger partial charge in [0.1, 0.15) is 5.82 Å². The van der Waals surface area contributed by atoms with E-state index in [9.17, 15) is 9.90 Å². The summed E-state index contributed by atoms with van der Waals surface area (Å²) in [7, 11) is 1.62. The molecule has 1 fully saturated rings. The van der Waals surface area contributed by atoms with Gasteiger partial charge >= 0.3 is 0 Å². The Labute approximate surface area is 157 Å². The molecule has 27 heavy (non-hydrogen) atoms. The van der Waals surface area contributed by atoms with E-state index in [1.54, 1.807) is 19.2 Å². The van der Waals surface area contributed by atoms with Crippen molar-refractivity contribution in [1.29, 1.82) is 0 Å². The highest BCUT2D eigenvalue weighted by atomic mass is 16.5. The van der Waals surface area contributed by atoms with E-state index in [0.717, 1.165) is 35.3 Å². The topological polar surface area (TPSA) is 76.4 Å². The summed E-state index contributed by atoms with van der Waals surface area (Å²) in [5.41, 5.74) is 2.97. The van der Waals surface area contributed by atoms with Crippen LogP contribution in [0.5, 0.6) is 0 Å². The van der Waals surface area contributed by atoms with Gasteiger partial charge in [-0.15, -0.1) is 0 Å². The number of nitrogens with zero attached hydrogens (tertiary/aromatic N) is 2. The van der Waals surface area contributed by atoms with Crippen LogP contribution in [0.1, 0.15) is 23.2 Å². The molecular weight excluding hydrogens is 342 g/mol. The third kappa shape index (κ3) is 3.01. The van der Waals surface area contributed by atoms with Gasteiger partial charge in [-0.05, 0) is 37.1 Å². The highest BCUT2D eigenvalue weighted by Gasteiger charge is 2.37. The molecule has 0 aliphatic carbocycles. The van der Waals surface area contributed by atoms with Gasteiger partial charge in [-0.25, -0.2) is 4.98 Å². The number of amides is 1. The van der Waals surface area contributed by atoms with Crippen molar-refractivity contribution in [2.75, 3.05) is 26.9 Å². The third-order valence-electron chi connectivity index (χ3n) is 5.39. The lowest BCUT2D eigenvalue weighted by Gasteiger charge is -2.38. The summed E-state index contributed by atoms with van der Waals surface area (Å²) in [6, 6.07) is 15.4. The van der Waals surface area contributed by atoms with Crippen molar-refractivity contribution in [2.24, 2.45) is 0 Å².